The SMILES string of the molecule is Cc1ccc(-n2ncc(C(=O)Nc3ccccc3I)c2C(F)(F)F)cc1. The number of para-hydroxylation sites is 1. The summed E-state index contributed by atoms with van der Waals surface area (Å²) in [5.41, 5.74) is -0.0563. The number of nitrogens with one attached hydrogen (secondary N) is 1. The molecule has 0 spiro atoms. The van der Waals surface area contributed by atoms with Gasteiger partial charge in [-0.2, -0.15) is 18.3 Å². The molecule has 0 atom stereocenters. The zero-order chi connectivity index (χ0) is 18.9. The van der Waals surface area contributed by atoms with Crippen molar-refractivity contribution < 1.29 is 18.0 Å². The van der Waals surface area contributed by atoms with Crippen LogP contribution in [-0.2, 0) is 6.18 Å². The molecule has 26 heavy (non-hydrogen) atoms. The van der Waals surface area contributed by atoms with Gasteiger partial charge in [0.25, 0.3) is 5.91 Å². The van der Waals surface area contributed by atoms with Gasteiger partial charge in [0.1, 0.15) is 0 Å². The summed E-state index contributed by atoms with van der Waals surface area (Å²) in [6.07, 6.45) is -3.80. The first-order chi connectivity index (χ1) is 12.3. The first-order valence-corrected chi connectivity index (χ1v) is 8.63. The summed E-state index contributed by atoms with van der Waals surface area (Å²) in [7, 11) is 0. The molecule has 0 saturated carbocycles. The number of rotatable bonds is 3. The molecule has 0 radical (unpaired) electrons. The lowest BCUT2D eigenvalue weighted by molar-refractivity contribution is -0.143. The van der Waals surface area contributed by atoms with Crippen molar-refractivity contribution >= 4 is 34.2 Å². The fourth-order valence-electron chi connectivity index (χ4n) is 2.42. The molecule has 2 aromatic carbocycles. The van der Waals surface area contributed by atoms with E-state index in [4.69, 9.17) is 0 Å². The van der Waals surface area contributed by atoms with Gasteiger partial charge in [0.2, 0.25) is 0 Å². The molecular weight excluding hydrogens is 458 g/mol. The molecule has 0 aliphatic rings. The summed E-state index contributed by atoms with van der Waals surface area (Å²) in [4.78, 5) is 12.5. The van der Waals surface area contributed by atoms with E-state index in [1.54, 1.807) is 36.4 Å². The van der Waals surface area contributed by atoms with Gasteiger partial charge in [-0.1, -0.05) is 29.8 Å². The number of aryl methyl sites for hydroxylation is 1. The minimum atomic E-state index is -4.74. The van der Waals surface area contributed by atoms with Crippen LogP contribution < -0.4 is 5.32 Å². The Balaban J connectivity index is 2.04. The maximum Gasteiger partial charge on any atom is 0.434 e. The molecule has 3 rings (SSSR count). The second-order valence-corrected chi connectivity index (χ2v) is 6.75. The predicted molar refractivity (Wildman–Crippen MR) is 100 cm³/mol. The maximum absolute atomic E-state index is 13.6. The normalized spacial score (nSPS) is 11.4. The predicted octanol–water partition coefficient (Wildman–Crippen LogP) is 5.06. The highest BCUT2D eigenvalue weighted by Crippen LogP contribution is 2.34. The Bertz CT molecular complexity index is 949. The van der Waals surface area contributed by atoms with Gasteiger partial charge in [0.15, 0.2) is 5.69 Å². The number of aromatic nitrogens is 2. The second-order valence-electron chi connectivity index (χ2n) is 5.59. The Hall–Kier alpha value is -2.36. The third kappa shape index (κ3) is 3.74. The summed E-state index contributed by atoms with van der Waals surface area (Å²) in [5.74, 6) is -0.861. The van der Waals surface area contributed by atoms with Crippen molar-refractivity contribution in [1.82, 2.24) is 9.78 Å². The van der Waals surface area contributed by atoms with Crippen LogP contribution in [0.1, 0.15) is 21.6 Å². The number of hydrogen-bond donors (Lipinski definition) is 1. The van der Waals surface area contributed by atoms with Gasteiger partial charge in [-0.05, 0) is 53.8 Å². The number of carbonyl (C=O) groups excluding carboxylic acids is 1. The second kappa shape index (κ2) is 7.10. The first-order valence-electron chi connectivity index (χ1n) is 7.55. The molecule has 0 aliphatic carbocycles. The Kier molecular flexibility index (Phi) is 5.03. The lowest BCUT2D eigenvalue weighted by Gasteiger charge is -2.13. The minimum Gasteiger partial charge on any atom is -0.321 e. The average molecular weight is 471 g/mol. The van der Waals surface area contributed by atoms with Crippen LogP contribution in [0.4, 0.5) is 18.9 Å². The molecule has 0 fully saturated rings. The number of alkyl halides is 3. The minimum absolute atomic E-state index is 0.233. The van der Waals surface area contributed by atoms with Crippen molar-refractivity contribution in [3.8, 4) is 5.69 Å². The third-order valence-corrected chi connectivity index (χ3v) is 4.62. The average Bonchev–Trinajstić information content (AvgIpc) is 3.03. The van der Waals surface area contributed by atoms with Gasteiger partial charge in [-0.3, -0.25) is 4.79 Å². The Morgan fingerprint density at radius 3 is 2.38 bits per heavy atom. The van der Waals surface area contributed by atoms with Crippen molar-refractivity contribution in [3.63, 3.8) is 0 Å². The zero-order valence-corrected chi connectivity index (χ0v) is 15.7. The number of benzene rings is 2. The topological polar surface area (TPSA) is 46.9 Å². The van der Waals surface area contributed by atoms with Gasteiger partial charge in [-0.15, -0.1) is 0 Å². The lowest BCUT2D eigenvalue weighted by Crippen LogP contribution is -2.21. The summed E-state index contributed by atoms with van der Waals surface area (Å²) >= 11 is 2.00. The van der Waals surface area contributed by atoms with Crippen molar-refractivity contribution in [2.45, 2.75) is 13.1 Å². The molecule has 3 aromatic rings. The molecule has 1 N–H and O–H groups in total. The fraction of sp³-hybridized carbons (Fsp3) is 0.111. The van der Waals surface area contributed by atoms with E-state index in [1.165, 1.54) is 12.1 Å². The molecule has 4 nitrogen and oxygen atoms in total. The number of halogens is 4. The van der Waals surface area contributed by atoms with Crippen LogP contribution in [0.2, 0.25) is 0 Å². The van der Waals surface area contributed by atoms with E-state index in [0.29, 0.717) is 5.69 Å². The Morgan fingerprint density at radius 1 is 1.12 bits per heavy atom. The molecule has 0 aliphatic heterocycles. The van der Waals surface area contributed by atoms with E-state index in [-0.39, 0.29) is 5.69 Å². The largest absolute Gasteiger partial charge is 0.434 e. The number of carbonyl (C=O) groups is 1. The lowest BCUT2D eigenvalue weighted by atomic mass is 10.2. The smallest absolute Gasteiger partial charge is 0.321 e. The van der Waals surface area contributed by atoms with Gasteiger partial charge < -0.3 is 5.32 Å². The van der Waals surface area contributed by atoms with Crippen molar-refractivity contribution in [2.24, 2.45) is 0 Å². The molecule has 0 saturated heterocycles. The van der Waals surface area contributed by atoms with Crippen molar-refractivity contribution in [1.29, 1.82) is 0 Å². The van der Waals surface area contributed by atoms with Crippen LogP contribution in [-0.4, -0.2) is 15.7 Å². The van der Waals surface area contributed by atoms with Gasteiger partial charge in [-0.25, -0.2) is 4.68 Å². The summed E-state index contributed by atoms with van der Waals surface area (Å²) in [6, 6.07) is 13.3. The molecule has 0 bridgehead atoms. The van der Waals surface area contributed by atoms with E-state index in [2.05, 4.69) is 10.4 Å². The highest BCUT2D eigenvalue weighted by Gasteiger charge is 2.40. The number of nitrogens with zero attached hydrogens (tertiary/aromatic N) is 2. The number of amides is 1. The van der Waals surface area contributed by atoms with Crippen LogP contribution in [0.25, 0.3) is 5.69 Å². The van der Waals surface area contributed by atoms with E-state index in [1.807, 2.05) is 29.5 Å². The van der Waals surface area contributed by atoms with Crippen LogP contribution >= 0.6 is 22.6 Å². The molecule has 8 heteroatoms. The maximum atomic E-state index is 13.6. The van der Waals surface area contributed by atoms with E-state index in [9.17, 15) is 18.0 Å². The van der Waals surface area contributed by atoms with Gasteiger partial charge in [0, 0.05) is 3.57 Å². The van der Waals surface area contributed by atoms with E-state index >= 15 is 0 Å². The van der Waals surface area contributed by atoms with Crippen molar-refractivity contribution in [2.75, 3.05) is 5.32 Å². The monoisotopic (exact) mass is 471 g/mol. The van der Waals surface area contributed by atoms with Gasteiger partial charge >= 0.3 is 6.18 Å². The molecule has 134 valence electrons. The van der Waals surface area contributed by atoms with E-state index in [0.717, 1.165) is 20.0 Å². The molecule has 1 amide bonds. The first kappa shape index (κ1) is 18.4. The highest BCUT2D eigenvalue weighted by atomic mass is 127. The van der Waals surface area contributed by atoms with E-state index < -0.39 is 23.3 Å². The summed E-state index contributed by atoms with van der Waals surface area (Å²) in [5, 5.41) is 6.31. The molecule has 1 heterocycles. The number of anilines is 1. The standard InChI is InChI=1S/C18H13F3IN3O/c1-11-6-8-12(9-7-11)25-16(18(19,20)21)13(10-23-25)17(26)24-15-5-3-2-4-14(15)22/h2-10H,1H3,(H,24,26). The summed E-state index contributed by atoms with van der Waals surface area (Å²) < 4.78 is 42.4. The summed E-state index contributed by atoms with van der Waals surface area (Å²) in [6.45, 7) is 1.83. The molecule has 1 aromatic heterocycles. The Morgan fingerprint density at radius 2 is 1.77 bits per heavy atom. The quantitative estimate of drug-likeness (QED) is 0.544. The molecular formula is C18H13F3IN3O. The van der Waals surface area contributed by atoms with Crippen LogP contribution in [0.5, 0.6) is 0 Å². The van der Waals surface area contributed by atoms with Crippen LogP contribution in [0.15, 0.2) is 54.7 Å². The van der Waals surface area contributed by atoms with Crippen LogP contribution in [0.3, 0.4) is 0 Å². The number of hydrogen-bond acceptors (Lipinski definition) is 2. The van der Waals surface area contributed by atoms with Gasteiger partial charge in [0.05, 0.1) is 23.1 Å². The Labute approximate surface area is 161 Å². The fourth-order valence-corrected chi connectivity index (χ4v) is 2.94. The highest BCUT2D eigenvalue weighted by molar-refractivity contribution is 14.1. The van der Waals surface area contributed by atoms with Crippen molar-refractivity contribution in [3.05, 3.63) is 75.1 Å². The zero-order valence-electron chi connectivity index (χ0n) is 13.5. The molecule has 0 unspecified atom stereocenters. The van der Waals surface area contributed by atoms with Crippen LogP contribution in [0, 0.1) is 10.5 Å². The third-order valence-electron chi connectivity index (χ3n) is 3.68.